The first-order valence-corrected chi connectivity index (χ1v) is 4.88. The molecule has 0 aliphatic heterocycles. The molecular weight excluding hydrogens is 194 g/mol. The second-order valence-corrected chi connectivity index (χ2v) is 3.04. The van der Waals surface area contributed by atoms with Crippen molar-refractivity contribution in [3.8, 4) is 0 Å². The van der Waals surface area contributed by atoms with Crippen LogP contribution in [0.5, 0.6) is 0 Å². The third-order valence-electron chi connectivity index (χ3n) is 2.16. The third-order valence-corrected chi connectivity index (χ3v) is 2.16. The summed E-state index contributed by atoms with van der Waals surface area (Å²) in [5.41, 5.74) is 1.56. The second-order valence-electron chi connectivity index (χ2n) is 3.04. The molecule has 0 spiro atoms. The van der Waals surface area contributed by atoms with Crippen LogP contribution in [-0.2, 0) is 6.54 Å². The fourth-order valence-electron chi connectivity index (χ4n) is 1.45. The number of imidazole rings is 1. The predicted molar refractivity (Wildman–Crippen MR) is 54.2 cm³/mol. The Morgan fingerprint density at radius 1 is 1.33 bits per heavy atom. The lowest BCUT2D eigenvalue weighted by atomic mass is 10.5. The Kier molecular flexibility index (Phi) is 2.40. The highest BCUT2D eigenvalue weighted by Gasteiger charge is 2.07. The normalized spacial score (nSPS) is 10.8. The van der Waals surface area contributed by atoms with Crippen molar-refractivity contribution in [2.24, 2.45) is 0 Å². The molecule has 0 atom stereocenters. The van der Waals surface area contributed by atoms with Gasteiger partial charge in [-0.05, 0) is 13.8 Å². The van der Waals surface area contributed by atoms with Gasteiger partial charge in [-0.2, -0.15) is 4.73 Å². The molecule has 2 aromatic rings. The second kappa shape index (κ2) is 3.72. The van der Waals surface area contributed by atoms with E-state index in [-0.39, 0.29) is 5.49 Å². The van der Waals surface area contributed by atoms with Crippen molar-refractivity contribution in [3.63, 3.8) is 0 Å². The highest BCUT2D eigenvalue weighted by molar-refractivity contribution is 5.68. The van der Waals surface area contributed by atoms with Crippen LogP contribution in [0.3, 0.4) is 0 Å². The van der Waals surface area contributed by atoms with E-state index in [9.17, 15) is 0 Å². The minimum Gasteiger partial charge on any atom is -0.411 e. The van der Waals surface area contributed by atoms with Gasteiger partial charge >= 0.3 is 0 Å². The maximum absolute atomic E-state index is 7.94. The Labute approximate surface area is 86.6 Å². The van der Waals surface area contributed by atoms with E-state index in [1.54, 1.807) is 6.33 Å². The summed E-state index contributed by atoms with van der Waals surface area (Å²) in [5, 5.41) is 7.94. The summed E-state index contributed by atoms with van der Waals surface area (Å²) in [6.07, 6.45) is 3.16. The summed E-state index contributed by atoms with van der Waals surface area (Å²) in [4.78, 5) is 13.5. The van der Waals surface area contributed by atoms with Crippen molar-refractivity contribution >= 4 is 11.2 Å². The summed E-state index contributed by atoms with van der Waals surface area (Å²) >= 11 is 0. The number of hydrogen-bond donors (Lipinski definition) is 1. The Bertz CT molecular complexity index is 527. The van der Waals surface area contributed by atoms with Crippen LogP contribution in [0.4, 0.5) is 0 Å². The molecule has 0 fully saturated rings. The van der Waals surface area contributed by atoms with Gasteiger partial charge in [0, 0.05) is 6.54 Å². The zero-order chi connectivity index (χ0) is 10.8. The largest absolute Gasteiger partial charge is 0.411 e. The number of nitrogens with one attached hydrogen (secondary N) is 1. The van der Waals surface area contributed by atoms with Crippen molar-refractivity contribution in [1.82, 2.24) is 19.3 Å². The van der Waals surface area contributed by atoms with Gasteiger partial charge in [-0.1, -0.05) is 0 Å². The van der Waals surface area contributed by atoms with Gasteiger partial charge in [0.15, 0.2) is 11.1 Å². The maximum atomic E-state index is 7.94. The molecular formula is C9H13N5O. The van der Waals surface area contributed by atoms with Crippen molar-refractivity contribution < 1.29 is 4.84 Å². The summed E-state index contributed by atoms with van der Waals surface area (Å²) in [7, 11) is 0. The summed E-state index contributed by atoms with van der Waals surface area (Å²) in [6, 6.07) is 0. The van der Waals surface area contributed by atoms with Gasteiger partial charge in [0.25, 0.3) is 0 Å². The first kappa shape index (κ1) is 9.70. The first-order chi connectivity index (χ1) is 7.27. The fraction of sp³-hybridized carbons (Fsp3) is 0.444. The SMILES string of the molecule is CCOn1cnc2ncn(CC)c2c1=N. The Morgan fingerprint density at radius 2 is 2.07 bits per heavy atom. The van der Waals surface area contributed by atoms with E-state index >= 15 is 0 Å². The molecule has 0 amide bonds. The van der Waals surface area contributed by atoms with Gasteiger partial charge in [-0.3, -0.25) is 5.41 Å². The molecule has 6 heteroatoms. The molecule has 80 valence electrons. The lowest BCUT2D eigenvalue weighted by Crippen LogP contribution is -2.28. The highest BCUT2D eigenvalue weighted by atomic mass is 16.7. The Hall–Kier alpha value is -1.85. The van der Waals surface area contributed by atoms with Crippen LogP contribution in [0.1, 0.15) is 13.8 Å². The maximum Gasteiger partial charge on any atom is 0.190 e. The van der Waals surface area contributed by atoms with E-state index in [1.807, 2.05) is 18.4 Å². The zero-order valence-electron chi connectivity index (χ0n) is 8.77. The molecule has 15 heavy (non-hydrogen) atoms. The molecule has 0 saturated carbocycles. The molecule has 0 aliphatic rings. The summed E-state index contributed by atoms with van der Waals surface area (Å²) < 4.78 is 3.23. The van der Waals surface area contributed by atoms with E-state index in [0.717, 1.165) is 6.54 Å². The van der Waals surface area contributed by atoms with Crippen LogP contribution in [-0.4, -0.2) is 25.9 Å². The van der Waals surface area contributed by atoms with Crippen LogP contribution in [0, 0.1) is 5.41 Å². The molecule has 0 unspecified atom stereocenters. The smallest absolute Gasteiger partial charge is 0.190 e. The molecule has 2 rings (SSSR count). The molecule has 0 radical (unpaired) electrons. The van der Waals surface area contributed by atoms with Crippen LogP contribution in [0.2, 0.25) is 0 Å². The number of hydrogen-bond acceptors (Lipinski definition) is 4. The first-order valence-electron chi connectivity index (χ1n) is 4.88. The van der Waals surface area contributed by atoms with Gasteiger partial charge in [0.2, 0.25) is 0 Å². The van der Waals surface area contributed by atoms with Gasteiger partial charge < -0.3 is 9.40 Å². The monoisotopic (exact) mass is 207 g/mol. The van der Waals surface area contributed by atoms with E-state index in [2.05, 4.69) is 9.97 Å². The number of aryl methyl sites for hydroxylation is 1. The van der Waals surface area contributed by atoms with E-state index in [4.69, 9.17) is 10.2 Å². The minimum atomic E-state index is 0.279. The molecule has 0 aliphatic carbocycles. The number of rotatable bonds is 3. The fourth-order valence-corrected chi connectivity index (χ4v) is 1.45. The molecule has 1 N–H and O–H groups in total. The van der Waals surface area contributed by atoms with Crippen LogP contribution < -0.4 is 10.3 Å². The van der Waals surface area contributed by atoms with Crippen molar-refractivity contribution in [2.75, 3.05) is 6.61 Å². The average Bonchev–Trinajstić information content (AvgIpc) is 2.66. The topological polar surface area (TPSA) is 68.7 Å². The van der Waals surface area contributed by atoms with E-state index < -0.39 is 0 Å². The zero-order valence-corrected chi connectivity index (χ0v) is 8.77. The Morgan fingerprint density at radius 3 is 2.73 bits per heavy atom. The van der Waals surface area contributed by atoms with Crippen LogP contribution >= 0.6 is 0 Å². The number of nitrogens with zero attached hydrogens (tertiary/aromatic N) is 4. The lowest BCUT2D eigenvalue weighted by Gasteiger charge is -2.07. The molecule has 6 nitrogen and oxygen atoms in total. The van der Waals surface area contributed by atoms with Crippen LogP contribution in [0.25, 0.3) is 11.2 Å². The Balaban J connectivity index is 2.70. The summed E-state index contributed by atoms with van der Waals surface area (Å²) in [5.74, 6) is 0. The van der Waals surface area contributed by atoms with Gasteiger partial charge in [-0.15, -0.1) is 0 Å². The average molecular weight is 207 g/mol. The number of fused-ring (bicyclic) bond motifs is 1. The lowest BCUT2D eigenvalue weighted by molar-refractivity contribution is 0.108. The van der Waals surface area contributed by atoms with Crippen LogP contribution in [0.15, 0.2) is 12.7 Å². The molecule has 0 saturated heterocycles. The quantitative estimate of drug-likeness (QED) is 0.780. The van der Waals surface area contributed by atoms with Gasteiger partial charge in [0.05, 0.1) is 6.33 Å². The standard InChI is InChI=1S/C9H13N5O/c1-3-13-5-11-9-7(13)8(10)14(6-12-9)15-4-2/h5-6,10H,3-4H2,1-2H3. The van der Waals surface area contributed by atoms with Gasteiger partial charge in [-0.25, -0.2) is 9.97 Å². The minimum absolute atomic E-state index is 0.279. The molecule has 2 heterocycles. The molecule has 2 aromatic heterocycles. The molecule has 0 aromatic carbocycles. The number of aromatic nitrogens is 4. The van der Waals surface area contributed by atoms with Crippen molar-refractivity contribution in [1.29, 1.82) is 5.41 Å². The van der Waals surface area contributed by atoms with Crippen molar-refractivity contribution in [3.05, 3.63) is 18.1 Å². The third kappa shape index (κ3) is 1.47. The highest BCUT2D eigenvalue weighted by Crippen LogP contribution is 2.03. The van der Waals surface area contributed by atoms with E-state index in [0.29, 0.717) is 17.8 Å². The molecule has 0 bridgehead atoms. The summed E-state index contributed by atoms with van der Waals surface area (Å²) in [6.45, 7) is 5.14. The predicted octanol–water partition coefficient (Wildman–Crippen LogP) is 0.181. The van der Waals surface area contributed by atoms with Gasteiger partial charge in [0.1, 0.15) is 18.5 Å². The van der Waals surface area contributed by atoms with E-state index in [1.165, 1.54) is 11.1 Å². The van der Waals surface area contributed by atoms with Crippen molar-refractivity contribution in [2.45, 2.75) is 20.4 Å².